The molecule has 35 heavy (non-hydrogen) atoms. The smallest absolute Gasteiger partial charge is 0.449 e. The fraction of sp³-hybridized carbons (Fsp3) is 0.818. The van der Waals surface area contributed by atoms with Crippen molar-refractivity contribution in [3.8, 4) is 0 Å². The number of hydrogen-bond acceptors (Lipinski definition) is 8. The number of alkyl halides is 5. The van der Waals surface area contributed by atoms with E-state index >= 15 is 8.78 Å². The lowest BCUT2D eigenvalue weighted by molar-refractivity contribution is -0.413. The molecule has 4 heterocycles. The van der Waals surface area contributed by atoms with Crippen LogP contribution >= 0.6 is 0 Å². The Hall–Kier alpha value is -1.83. The van der Waals surface area contributed by atoms with Gasteiger partial charge in [-0.15, -0.1) is 0 Å². The monoisotopic (exact) mass is 514 g/mol. The largest absolute Gasteiger partial charge is 0.455 e. The van der Waals surface area contributed by atoms with E-state index < -0.39 is 83.9 Å². The Labute approximate surface area is 197 Å². The summed E-state index contributed by atoms with van der Waals surface area (Å²) in [6.07, 6.45) is -9.70. The molecule has 0 aromatic rings. The molecule has 198 valence electrons. The molecule has 2 bridgehead atoms. The van der Waals surface area contributed by atoms with Gasteiger partial charge in [0, 0.05) is 11.5 Å². The zero-order valence-electron chi connectivity index (χ0n) is 19.5. The van der Waals surface area contributed by atoms with Crippen LogP contribution in [0.15, 0.2) is 12.2 Å². The molecule has 8 atom stereocenters. The lowest BCUT2D eigenvalue weighted by Gasteiger charge is -2.48. The van der Waals surface area contributed by atoms with Gasteiger partial charge in [-0.05, 0) is 26.7 Å². The molecule has 0 spiro atoms. The minimum atomic E-state index is -5.81. The van der Waals surface area contributed by atoms with Crippen molar-refractivity contribution in [2.75, 3.05) is 6.61 Å². The van der Waals surface area contributed by atoms with Crippen molar-refractivity contribution in [1.29, 1.82) is 0 Å². The summed E-state index contributed by atoms with van der Waals surface area (Å²) in [6.45, 7) is 7.49. The topological polar surface area (TPSA) is 101 Å². The van der Waals surface area contributed by atoms with Gasteiger partial charge in [0.05, 0.1) is 18.1 Å². The Morgan fingerprint density at radius 1 is 1.20 bits per heavy atom. The van der Waals surface area contributed by atoms with E-state index in [2.05, 4.69) is 11.3 Å². The minimum absolute atomic E-state index is 0.0214. The Balaban J connectivity index is 1.72. The number of carbonyl (C=O) groups excluding carboxylic acids is 2. The lowest BCUT2D eigenvalue weighted by Crippen LogP contribution is -2.66. The van der Waals surface area contributed by atoms with Crippen LogP contribution in [0.1, 0.15) is 40.5 Å². The van der Waals surface area contributed by atoms with E-state index in [0.29, 0.717) is 0 Å². The molecule has 1 N–H and O–H groups in total. The molecule has 13 heteroatoms. The van der Waals surface area contributed by atoms with Crippen molar-refractivity contribution in [2.24, 2.45) is 11.8 Å². The Kier molecular flexibility index (Phi) is 5.87. The molecule has 0 aromatic heterocycles. The van der Waals surface area contributed by atoms with Gasteiger partial charge >= 0.3 is 29.8 Å². The SMILES string of the molecule is C=C(C)C(=O)OC1C2OC(=O)C3C2OC1C3C(CC)(CC)OC1(C)COC(O)(C(F)(F)F)C1(F)F. The van der Waals surface area contributed by atoms with Crippen LogP contribution in [0.25, 0.3) is 0 Å². The van der Waals surface area contributed by atoms with Gasteiger partial charge in [-0.2, -0.15) is 22.0 Å². The van der Waals surface area contributed by atoms with Gasteiger partial charge in [-0.1, -0.05) is 20.4 Å². The maximum absolute atomic E-state index is 15.2. The van der Waals surface area contributed by atoms with Gasteiger partial charge in [-0.25, -0.2) is 4.79 Å². The first-order valence-electron chi connectivity index (χ1n) is 11.2. The van der Waals surface area contributed by atoms with Gasteiger partial charge in [0.15, 0.2) is 17.8 Å². The number of ether oxygens (including phenoxy) is 5. The van der Waals surface area contributed by atoms with Gasteiger partial charge in [0.2, 0.25) is 0 Å². The predicted molar refractivity (Wildman–Crippen MR) is 105 cm³/mol. The maximum atomic E-state index is 15.2. The molecule has 0 radical (unpaired) electrons. The molecular formula is C22H27F5O8. The van der Waals surface area contributed by atoms with Crippen LogP contribution in [0.3, 0.4) is 0 Å². The first-order chi connectivity index (χ1) is 16.0. The van der Waals surface area contributed by atoms with E-state index in [-0.39, 0.29) is 18.4 Å². The highest BCUT2D eigenvalue weighted by atomic mass is 19.4. The summed E-state index contributed by atoms with van der Waals surface area (Å²) in [5, 5.41) is 9.80. The molecule has 0 amide bonds. The lowest BCUT2D eigenvalue weighted by atomic mass is 9.67. The summed E-state index contributed by atoms with van der Waals surface area (Å²) in [4.78, 5) is 25.0. The second kappa shape index (κ2) is 7.83. The number of rotatable bonds is 7. The summed E-state index contributed by atoms with van der Waals surface area (Å²) in [6, 6.07) is 0. The average Bonchev–Trinajstić information content (AvgIpc) is 3.42. The van der Waals surface area contributed by atoms with Crippen LogP contribution < -0.4 is 0 Å². The number of esters is 2. The summed E-state index contributed by atoms with van der Waals surface area (Å²) in [7, 11) is 0. The number of aliphatic hydroxyl groups is 1. The van der Waals surface area contributed by atoms with Crippen molar-refractivity contribution in [2.45, 2.75) is 94.0 Å². The van der Waals surface area contributed by atoms with Crippen molar-refractivity contribution in [3.63, 3.8) is 0 Å². The van der Waals surface area contributed by atoms with Gasteiger partial charge < -0.3 is 28.8 Å². The summed E-state index contributed by atoms with van der Waals surface area (Å²) in [5.41, 5.74) is -4.50. The Morgan fingerprint density at radius 2 is 1.80 bits per heavy atom. The Bertz CT molecular complexity index is 933. The first kappa shape index (κ1) is 26.2. The van der Waals surface area contributed by atoms with Gasteiger partial charge in [0.25, 0.3) is 0 Å². The third kappa shape index (κ3) is 3.30. The molecular weight excluding hydrogens is 487 g/mol. The Morgan fingerprint density at radius 3 is 2.29 bits per heavy atom. The fourth-order valence-electron chi connectivity index (χ4n) is 5.83. The molecule has 4 aliphatic rings. The molecule has 8 unspecified atom stereocenters. The molecule has 0 saturated carbocycles. The first-order valence-corrected chi connectivity index (χ1v) is 11.2. The van der Waals surface area contributed by atoms with Crippen LogP contribution in [0.4, 0.5) is 22.0 Å². The minimum Gasteiger partial charge on any atom is -0.455 e. The van der Waals surface area contributed by atoms with Crippen molar-refractivity contribution in [3.05, 3.63) is 12.2 Å². The van der Waals surface area contributed by atoms with Gasteiger partial charge in [0.1, 0.15) is 12.2 Å². The zero-order valence-corrected chi connectivity index (χ0v) is 19.5. The van der Waals surface area contributed by atoms with E-state index in [9.17, 15) is 27.9 Å². The van der Waals surface area contributed by atoms with Crippen LogP contribution in [0, 0.1) is 11.8 Å². The third-order valence-electron chi connectivity index (χ3n) is 7.76. The van der Waals surface area contributed by atoms with Crippen LogP contribution in [0.2, 0.25) is 0 Å². The van der Waals surface area contributed by atoms with Crippen LogP contribution in [-0.2, 0) is 33.3 Å². The second-order valence-electron chi connectivity index (χ2n) is 9.78. The van der Waals surface area contributed by atoms with E-state index in [4.69, 9.17) is 18.9 Å². The average molecular weight is 514 g/mol. The van der Waals surface area contributed by atoms with E-state index in [0.717, 1.165) is 6.92 Å². The quantitative estimate of drug-likeness (QED) is 0.315. The fourth-order valence-corrected chi connectivity index (χ4v) is 5.83. The highest BCUT2D eigenvalue weighted by molar-refractivity contribution is 5.87. The van der Waals surface area contributed by atoms with Crippen molar-refractivity contribution >= 4 is 11.9 Å². The van der Waals surface area contributed by atoms with Crippen molar-refractivity contribution in [1.82, 2.24) is 0 Å². The molecule has 8 nitrogen and oxygen atoms in total. The number of carbonyl (C=O) groups is 2. The van der Waals surface area contributed by atoms with Crippen LogP contribution in [-0.4, -0.2) is 77.2 Å². The molecule has 4 aliphatic heterocycles. The van der Waals surface area contributed by atoms with Crippen LogP contribution in [0.5, 0.6) is 0 Å². The number of fused-ring (bicyclic) bond motifs is 1. The number of halogens is 5. The van der Waals surface area contributed by atoms with E-state index in [1.54, 1.807) is 13.8 Å². The summed E-state index contributed by atoms with van der Waals surface area (Å²) in [5.74, 6) is -13.1. The second-order valence-corrected chi connectivity index (χ2v) is 9.78. The van der Waals surface area contributed by atoms with E-state index in [1.165, 1.54) is 6.92 Å². The third-order valence-corrected chi connectivity index (χ3v) is 7.76. The molecule has 4 saturated heterocycles. The van der Waals surface area contributed by atoms with Crippen molar-refractivity contribution < 1.29 is 60.3 Å². The summed E-state index contributed by atoms with van der Waals surface area (Å²) < 4.78 is 97.3. The number of hydrogen-bond donors (Lipinski definition) is 1. The van der Waals surface area contributed by atoms with E-state index in [1.807, 2.05) is 0 Å². The normalized spacial score (nSPS) is 41.8. The highest BCUT2D eigenvalue weighted by Gasteiger charge is 2.83. The summed E-state index contributed by atoms with van der Waals surface area (Å²) >= 11 is 0. The highest BCUT2D eigenvalue weighted by Crippen LogP contribution is 2.60. The predicted octanol–water partition coefficient (Wildman–Crippen LogP) is 2.66. The zero-order chi connectivity index (χ0) is 26.4. The molecule has 0 aliphatic carbocycles. The molecule has 4 fully saturated rings. The maximum Gasteiger partial charge on any atom is 0.449 e. The molecule has 0 aromatic carbocycles. The molecule has 4 rings (SSSR count). The van der Waals surface area contributed by atoms with Gasteiger partial charge in [-0.3, -0.25) is 4.79 Å². The standard InChI is InChI=1S/C22H27F5O8/c1-6-19(7-2,35-18(5)8-31-21(30,20(18,23)24)22(25,26)27)11-10-12-14(34-17(10)29)15(13(11)32-12)33-16(28)9(3)4/h10-15,30H,3,6-8H2,1-2,4-5H3.